The molecule has 2 aromatic rings. The molecule has 0 N–H and O–H groups in total. The lowest BCUT2D eigenvalue weighted by Crippen LogP contribution is -2.47. The van der Waals surface area contributed by atoms with E-state index in [1.165, 1.54) is 6.42 Å². The quantitative estimate of drug-likeness (QED) is 0.845. The van der Waals surface area contributed by atoms with Crippen LogP contribution in [-0.2, 0) is 0 Å². The van der Waals surface area contributed by atoms with Gasteiger partial charge in [0.05, 0.1) is 4.88 Å². The third-order valence-corrected chi connectivity index (χ3v) is 4.81. The van der Waals surface area contributed by atoms with Gasteiger partial charge < -0.3 is 9.42 Å². The Morgan fingerprint density at radius 3 is 2.80 bits per heavy atom. The molecular weight excluding hydrogens is 272 g/mol. The summed E-state index contributed by atoms with van der Waals surface area (Å²) in [5.74, 6) is 0.650. The number of nitrogens with zero attached hydrogens (tertiary/aromatic N) is 2. The molecule has 1 saturated heterocycles. The molecule has 0 saturated carbocycles. The minimum absolute atomic E-state index is 0.0174. The highest BCUT2D eigenvalue weighted by Crippen LogP contribution is 2.28. The maximum Gasteiger partial charge on any atom is 0.276 e. The molecule has 1 aliphatic heterocycles. The molecule has 2 atom stereocenters. The van der Waals surface area contributed by atoms with Crippen molar-refractivity contribution in [1.29, 1.82) is 0 Å². The van der Waals surface area contributed by atoms with Crippen molar-refractivity contribution in [1.82, 2.24) is 10.1 Å². The van der Waals surface area contributed by atoms with Crippen LogP contribution in [0.5, 0.6) is 0 Å². The molecule has 4 nitrogen and oxygen atoms in total. The van der Waals surface area contributed by atoms with Crippen LogP contribution in [0.2, 0.25) is 0 Å². The van der Waals surface area contributed by atoms with E-state index in [1.807, 2.05) is 22.4 Å². The highest BCUT2D eigenvalue weighted by atomic mass is 32.1. The second kappa shape index (κ2) is 5.40. The summed E-state index contributed by atoms with van der Waals surface area (Å²) in [6, 6.07) is 6.22. The Balaban J connectivity index is 1.83. The molecule has 0 unspecified atom stereocenters. The van der Waals surface area contributed by atoms with E-state index in [2.05, 4.69) is 19.0 Å². The van der Waals surface area contributed by atoms with Gasteiger partial charge in [0.25, 0.3) is 5.91 Å². The van der Waals surface area contributed by atoms with Gasteiger partial charge >= 0.3 is 0 Å². The zero-order valence-electron chi connectivity index (χ0n) is 11.7. The van der Waals surface area contributed by atoms with E-state index >= 15 is 0 Å². The van der Waals surface area contributed by atoms with Gasteiger partial charge in [0.2, 0.25) is 0 Å². The van der Waals surface area contributed by atoms with E-state index in [-0.39, 0.29) is 18.0 Å². The normalized spacial score (nSPS) is 23.0. The van der Waals surface area contributed by atoms with Gasteiger partial charge in [-0.2, -0.15) is 0 Å². The van der Waals surface area contributed by atoms with Crippen LogP contribution in [0.25, 0.3) is 10.6 Å². The topological polar surface area (TPSA) is 46.3 Å². The van der Waals surface area contributed by atoms with E-state index < -0.39 is 0 Å². The number of hydrogen-bond acceptors (Lipinski definition) is 4. The van der Waals surface area contributed by atoms with E-state index in [4.69, 9.17) is 4.52 Å². The van der Waals surface area contributed by atoms with Gasteiger partial charge in [0.15, 0.2) is 11.5 Å². The van der Waals surface area contributed by atoms with E-state index in [0.29, 0.717) is 11.5 Å². The molecule has 1 aliphatic rings. The zero-order chi connectivity index (χ0) is 14.1. The Kier molecular flexibility index (Phi) is 3.61. The van der Waals surface area contributed by atoms with Crippen LogP contribution in [0.3, 0.4) is 0 Å². The number of thiophene rings is 1. The Bertz CT molecular complexity index is 581. The first-order valence-corrected chi connectivity index (χ1v) is 7.88. The van der Waals surface area contributed by atoms with E-state index in [1.54, 1.807) is 17.4 Å². The van der Waals surface area contributed by atoms with Gasteiger partial charge in [-0.25, -0.2) is 0 Å². The molecule has 3 heterocycles. The summed E-state index contributed by atoms with van der Waals surface area (Å²) in [5, 5.41) is 5.94. The average Bonchev–Trinajstić information content (AvgIpc) is 3.09. The molecule has 106 valence electrons. The zero-order valence-corrected chi connectivity index (χ0v) is 12.5. The lowest BCUT2D eigenvalue weighted by Gasteiger charge is -2.38. The van der Waals surface area contributed by atoms with Gasteiger partial charge in [-0.15, -0.1) is 11.3 Å². The number of likely N-dealkylation sites (tertiary alicyclic amines) is 1. The van der Waals surface area contributed by atoms with Gasteiger partial charge in [0, 0.05) is 18.2 Å². The molecule has 2 aromatic heterocycles. The number of rotatable bonds is 2. The minimum Gasteiger partial charge on any atom is -0.355 e. The summed E-state index contributed by atoms with van der Waals surface area (Å²) in [6.45, 7) is 4.21. The van der Waals surface area contributed by atoms with Gasteiger partial charge in [-0.05, 0) is 44.6 Å². The number of piperidine rings is 1. The van der Waals surface area contributed by atoms with E-state index in [0.717, 1.165) is 17.7 Å². The lowest BCUT2D eigenvalue weighted by molar-refractivity contribution is 0.0500. The molecule has 3 rings (SSSR count). The number of carbonyl (C=O) groups is 1. The lowest BCUT2D eigenvalue weighted by atomic mass is 9.97. The SMILES string of the molecule is C[C@@H]1CCC[C@@H](C)N1C(=O)c1cc(-c2cccs2)on1. The fourth-order valence-electron chi connectivity index (χ4n) is 2.86. The second-order valence-electron chi connectivity index (χ2n) is 5.40. The molecule has 1 amide bonds. The highest BCUT2D eigenvalue weighted by Gasteiger charge is 2.31. The van der Waals surface area contributed by atoms with Crippen LogP contribution in [0.1, 0.15) is 43.6 Å². The predicted molar refractivity (Wildman–Crippen MR) is 78.8 cm³/mol. The van der Waals surface area contributed by atoms with Gasteiger partial charge in [0.1, 0.15) is 0 Å². The molecule has 0 aliphatic carbocycles. The average molecular weight is 290 g/mol. The number of aromatic nitrogens is 1. The standard InChI is InChI=1S/C15H18N2O2S/c1-10-5-3-6-11(2)17(10)15(18)12-9-13(19-16-12)14-7-4-8-20-14/h4,7-11H,3,5-6H2,1-2H3/t10-,11-/m1/s1. The van der Waals surface area contributed by atoms with Crippen molar-refractivity contribution < 1.29 is 9.32 Å². The minimum atomic E-state index is -0.0174. The van der Waals surface area contributed by atoms with Crippen LogP contribution in [0.15, 0.2) is 28.1 Å². The van der Waals surface area contributed by atoms with E-state index in [9.17, 15) is 4.79 Å². The first kappa shape index (κ1) is 13.4. The summed E-state index contributed by atoms with van der Waals surface area (Å²) in [5.41, 5.74) is 0.411. The highest BCUT2D eigenvalue weighted by molar-refractivity contribution is 7.13. The molecule has 5 heteroatoms. The number of amides is 1. The van der Waals surface area contributed by atoms with Crippen molar-refractivity contribution in [2.45, 2.75) is 45.2 Å². The largest absolute Gasteiger partial charge is 0.355 e. The summed E-state index contributed by atoms with van der Waals surface area (Å²) < 4.78 is 5.30. The third kappa shape index (κ3) is 2.38. The van der Waals surface area contributed by atoms with Crippen LogP contribution in [-0.4, -0.2) is 28.0 Å². The third-order valence-electron chi connectivity index (χ3n) is 3.92. The summed E-state index contributed by atoms with van der Waals surface area (Å²) >= 11 is 1.58. The van der Waals surface area contributed by atoms with Gasteiger partial charge in [-0.3, -0.25) is 4.79 Å². The van der Waals surface area contributed by atoms with Crippen LogP contribution >= 0.6 is 11.3 Å². The van der Waals surface area contributed by atoms with Crippen molar-refractivity contribution in [2.24, 2.45) is 0 Å². The molecule has 0 spiro atoms. The molecule has 0 aromatic carbocycles. The molecule has 1 fully saturated rings. The fraction of sp³-hybridized carbons (Fsp3) is 0.467. The Hall–Kier alpha value is -1.62. The van der Waals surface area contributed by atoms with Crippen molar-refractivity contribution in [3.05, 3.63) is 29.3 Å². The van der Waals surface area contributed by atoms with Crippen molar-refractivity contribution in [3.8, 4) is 10.6 Å². The Morgan fingerprint density at radius 1 is 1.40 bits per heavy atom. The first-order chi connectivity index (χ1) is 9.66. The van der Waals surface area contributed by atoms with Crippen molar-refractivity contribution in [3.63, 3.8) is 0 Å². The fourth-order valence-corrected chi connectivity index (χ4v) is 3.54. The van der Waals surface area contributed by atoms with Crippen LogP contribution in [0.4, 0.5) is 0 Å². The summed E-state index contributed by atoms with van der Waals surface area (Å²) in [4.78, 5) is 15.6. The molecule has 0 radical (unpaired) electrons. The monoisotopic (exact) mass is 290 g/mol. The summed E-state index contributed by atoms with van der Waals surface area (Å²) in [7, 11) is 0. The predicted octanol–water partition coefficient (Wildman–Crippen LogP) is 3.81. The second-order valence-corrected chi connectivity index (χ2v) is 6.34. The Morgan fingerprint density at radius 2 is 2.15 bits per heavy atom. The Labute approximate surface area is 122 Å². The van der Waals surface area contributed by atoms with Crippen molar-refractivity contribution >= 4 is 17.2 Å². The maximum absolute atomic E-state index is 12.6. The summed E-state index contributed by atoms with van der Waals surface area (Å²) in [6.07, 6.45) is 3.31. The first-order valence-electron chi connectivity index (χ1n) is 7.00. The molecule has 0 bridgehead atoms. The van der Waals surface area contributed by atoms with Crippen LogP contribution < -0.4 is 0 Å². The van der Waals surface area contributed by atoms with Crippen LogP contribution in [0, 0.1) is 0 Å². The number of hydrogen-bond donors (Lipinski definition) is 0. The maximum atomic E-state index is 12.6. The smallest absolute Gasteiger partial charge is 0.276 e. The van der Waals surface area contributed by atoms with Crippen molar-refractivity contribution in [2.75, 3.05) is 0 Å². The number of carbonyl (C=O) groups excluding carboxylic acids is 1. The molecule has 20 heavy (non-hydrogen) atoms. The molecular formula is C15H18N2O2S. The van der Waals surface area contributed by atoms with Gasteiger partial charge in [-0.1, -0.05) is 11.2 Å².